The van der Waals surface area contributed by atoms with Gasteiger partial charge in [-0.15, -0.1) is 0 Å². The second kappa shape index (κ2) is 12.8. The van der Waals surface area contributed by atoms with Crippen LogP contribution in [0.3, 0.4) is 0 Å². The van der Waals surface area contributed by atoms with Gasteiger partial charge in [0.1, 0.15) is 18.1 Å². The van der Waals surface area contributed by atoms with Gasteiger partial charge < -0.3 is 24.8 Å². The van der Waals surface area contributed by atoms with Crippen molar-refractivity contribution in [2.45, 2.75) is 77.7 Å². The van der Waals surface area contributed by atoms with E-state index in [-0.39, 0.29) is 18.4 Å². The van der Waals surface area contributed by atoms with Gasteiger partial charge in [-0.05, 0) is 37.5 Å². The largest absolute Gasteiger partial charge is 0.486 e. The molecule has 0 bridgehead atoms. The Kier molecular flexibility index (Phi) is 10.1. The molecule has 0 amide bonds. The van der Waals surface area contributed by atoms with E-state index >= 15 is 0 Å². The molecule has 1 heterocycles. The summed E-state index contributed by atoms with van der Waals surface area (Å²) in [5, 5.41) is 7.04. The van der Waals surface area contributed by atoms with Crippen molar-refractivity contribution in [3.63, 3.8) is 0 Å². The molecule has 2 aromatic carbocycles. The van der Waals surface area contributed by atoms with Crippen molar-refractivity contribution < 1.29 is 14.2 Å². The van der Waals surface area contributed by atoms with Crippen LogP contribution in [0.1, 0.15) is 58.6 Å². The molecule has 0 aliphatic carbocycles. The van der Waals surface area contributed by atoms with Crippen molar-refractivity contribution in [1.82, 2.24) is 15.5 Å². The van der Waals surface area contributed by atoms with Gasteiger partial charge in [-0.25, -0.2) is 4.90 Å². The lowest BCUT2D eigenvalue weighted by Crippen LogP contribution is -2.63. The fourth-order valence-corrected chi connectivity index (χ4v) is 4.72. The van der Waals surface area contributed by atoms with Gasteiger partial charge in [0.25, 0.3) is 0 Å². The standard InChI is InChI=1S/C29H45N3O3/c1-21(2)25-13-15-27(16-14-25)35-28(19-31-22(3)4)23(5)34-24(6)32-18-17-30-20-29(32,33-7)26-11-9-8-10-12-26/h8-16,21-24,28,30-31H,17-20H2,1-7H3. The normalized spacial score (nSPS) is 21.7. The Balaban J connectivity index is 1.76. The third kappa shape index (κ3) is 7.05. The summed E-state index contributed by atoms with van der Waals surface area (Å²) in [6, 6.07) is 19.2. The molecular formula is C29H45N3O3. The van der Waals surface area contributed by atoms with Crippen LogP contribution in [0.5, 0.6) is 5.75 Å². The van der Waals surface area contributed by atoms with Crippen LogP contribution in [-0.4, -0.2) is 62.7 Å². The SMILES string of the molecule is COC1(c2ccccc2)CNCCN1C(C)OC(C)C(CNC(C)C)Oc1ccc(C(C)C)cc1. The summed E-state index contributed by atoms with van der Waals surface area (Å²) in [5.74, 6) is 1.36. The summed E-state index contributed by atoms with van der Waals surface area (Å²) in [6.07, 6.45) is -0.441. The summed E-state index contributed by atoms with van der Waals surface area (Å²) in [4.78, 5) is 2.32. The van der Waals surface area contributed by atoms with Crippen molar-refractivity contribution in [3.05, 3.63) is 65.7 Å². The highest BCUT2D eigenvalue weighted by atomic mass is 16.6. The van der Waals surface area contributed by atoms with Crippen molar-refractivity contribution in [3.8, 4) is 5.75 Å². The Hall–Kier alpha value is -1.96. The van der Waals surface area contributed by atoms with Gasteiger partial charge >= 0.3 is 0 Å². The first-order chi connectivity index (χ1) is 16.8. The Bertz CT molecular complexity index is 875. The molecule has 194 valence electrons. The van der Waals surface area contributed by atoms with Gasteiger partial charge in [0, 0.05) is 44.9 Å². The third-order valence-corrected chi connectivity index (χ3v) is 6.86. The first kappa shape index (κ1) is 27.6. The zero-order valence-electron chi connectivity index (χ0n) is 22.6. The van der Waals surface area contributed by atoms with Crippen LogP contribution in [0.4, 0.5) is 0 Å². The second-order valence-electron chi connectivity index (χ2n) is 10.1. The number of ether oxygens (including phenoxy) is 3. The Labute approximate surface area is 212 Å². The minimum Gasteiger partial charge on any atom is -0.486 e. The molecule has 4 atom stereocenters. The van der Waals surface area contributed by atoms with Gasteiger partial charge in [-0.2, -0.15) is 0 Å². The highest BCUT2D eigenvalue weighted by Crippen LogP contribution is 2.33. The molecule has 0 aromatic heterocycles. The molecule has 0 spiro atoms. The summed E-state index contributed by atoms with van der Waals surface area (Å²) < 4.78 is 19.3. The Morgan fingerprint density at radius 1 is 0.971 bits per heavy atom. The van der Waals surface area contributed by atoms with E-state index in [4.69, 9.17) is 14.2 Å². The highest BCUT2D eigenvalue weighted by molar-refractivity contribution is 5.29. The van der Waals surface area contributed by atoms with E-state index in [1.54, 1.807) is 7.11 Å². The average molecular weight is 484 g/mol. The van der Waals surface area contributed by atoms with Crippen LogP contribution in [0.25, 0.3) is 0 Å². The minimum absolute atomic E-state index is 0.138. The third-order valence-electron chi connectivity index (χ3n) is 6.86. The molecule has 35 heavy (non-hydrogen) atoms. The maximum Gasteiger partial charge on any atom is 0.161 e. The van der Waals surface area contributed by atoms with E-state index in [0.717, 1.165) is 24.4 Å². The maximum absolute atomic E-state index is 6.65. The van der Waals surface area contributed by atoms with Gasteiger partial charge in [0.05, 0.1) is 6.10 Å². The van der Waals surface area contributed by atoms with Crippen LogP contribution < -0.4 is 15.4 Å². The molecule has 1 aliphatic heterocycles. The van der Waals surface area contributed by atoms with E-state index in [0.29, 0.717) is 25.0 Å². The number of benzene rings is 2. The van der Waals surface area contributed by atoms with Crippen LogP contribution in [0, 0.1) is 0 Å². The molecule has 6 heteroatoms. The monoisotopic (exact) mass is 483 g/mol. The quantitative estimate of drug-likeness (QED) is 0.456. The van der Waals surface area contributed by atoms with Crippen LogP contribution in [0.15, 0.2) is 54.6 Å². The number of hydrogen-bond acceptors (Lipinski definition) is 6. The Morgan fingerprint density at radius 3 is 2.26 bits per heavy atom. The molecule has 0 saturated carbocycles. The fourth-order valence-electron chi connectivity index (χ4n) is 4.72. The lowest BCUT2D eigenvalue weighted by atomic mass is 9.98. The Morgan fingerprint density at radius 2 is 1.66 bits per heavy atom. The molecule has 1 fully saturated rings. The summed E-state index contributed by atoms with van der Waals surface area (Å²) >= 11 is 0. The lowest BCUT2D eigenvalue weighted by Gasteiger charge is -2.49. The molecule has 2 N–H and O–H groups in total. The van der Waals surface area contributed by atoms with Crippen molar-refractivity contribution in [2.75, 3.05) is 33.3 Å². The lowest BCUT2D eigenvalue weighted by molar-refractivity contribution is -0.232. The number of nitrogens with zero attached hydrogens (tertiary/aromatic N) is 1. The predicted octanol–water partition coefficient (Wildman–Crippen LogP) is 4.71. The van der Waals surface area contributed by atoms with Crippen LogP contribution in [-0.2, 0) is 15.2 Å². The zero-order valence-corrected chi connectivity index (χ0v) is 22.6. The molecule has 1 aliphatic rings. The van der Waals surface area contributed by atoms with Crippen LogP contribution >= 0.6 is 0 Å². The molecule has 3 rings (SSSR count). The van der Waals surface area contributed by atoms with E-state index < -0.39 is 5.72 Å². The number of hydrogen-bond donors (Lipinski definition) is 2. The van der Waals surface area contributed by atoms with Crippen LogP contribution in [0.2, 0.25) is 0 Å². The van der Waals surface area contributed by atoms with E-state index in [1.165, 1.54) is 5.56 Å². The van der Waals surface area contributed by atoms with Gasteiger partial charge in [-0.3, -0.25) is 0 Å². The topological polar surface area (TPSA) is 55.0 Å². The number of nitrogens with one attached hydrogen (secondary N) is 2. The zero-order chi connectivity index (χ0) is 25.4. The van der Waals surface area contributed by atoms with E-state index in [9.17, 15) is 0 Å². The van der Waals surface area contributed by atoms with Gasteiger partial charge in [0.2, 0.25) is 0 Å². The smallest absolute Gasteiger partial charge is 0.161 e. The molecule has 1 saturated heterocycles. The summed E-state index contributed by atoms with van der Waals surface area (Å²) in [7, 11) is 1.78. The molecule has 4 unspecified atom stereocenters. The van der Waals surface area contributed by atoms with Gasteiger partial charge in [0.15, 0.2) is 5.72 Å². The first-order valence-corrected chi connectivity index (χ1v) is 13.0. The average Bonchev–Trinajstić information content (AvgIpc) is 2.86. The maximum atomic E-state index is 6.65. The number of methoxy groups -OCH3 is 1. The predicted molar refractivity (Wildman–Crippen MR) is 143 cm³/mol. The molecular weight excluding hydrogens is 438 g/mol. The fraction of sp³-hybridized carbons (Fsp3) is 0.586. The minimum atomic E-state index is -0.585. The molecule has 6 nitrogen and oxygen atoms in total. The van der Waals surface area contributed by atoms with Crippen molar-refractivity contribution >= 4 is 0 Å². The van der Waals surface area contributed by atoms with Gasteiger partial charge in [-0.1, -0.05) is 70.2 Å². The molecule has 2 aromatic rings. The summed E-state index contributed by atoms with van der Waals surface area (Å²) in [6.45, 7) is 16.0. The van der Waals surface area contributed by atoms with Crippen molar-refractivity contribution in [1.29, 1.82) is 0 Å². The second-order valence-corrected chi connectivity index (χ2v) is 10.1. The van der Waals surface area contributed by atoms with Crippen molar-refractivity contribution in [2.24, 2.45) is 0 Å². The first-order valence-electron chi connectivity index (χ1n) is 13.0. The number of piperazine rings is 1. The van der Waals surface area contributed by atoms with E-state index in [2.05, 4.69) is 106 Å². The van der Waals surface area contributed by atoms with E-state index in [1.807, 2.05) is 6.07 Å². The highest BCUT2D eigenvalue weighted by Gasteiger charge is 2.44. The summed E-state index contributed by atoms with van der Waals surface area (Å²) in [5.41, 5.74) is 1.85. The molecule has 0 radical (unpaired) electrons. The number of rotatable bonds is 12.